The monoisotopic (exact) mass is 245 g/mol. The van der Waals surface area contributed by atoms with Crippen LogP contribution in [0.4, 0.5) is 4.79 Å². The molecule has 1 N–H and O–H groups in total. The fourth-order valence-electron chi connectivity index (χ4n) is 1.51. The summed E-state index contributed by atoms with van der Waals surface area (Å²) in [5.74, 6) is 0. The number of amides is 1. The minimum atomic E-state index is -0.507. The summed E-state index contributed by atoms with van der Waals surface area (Å²) in [6, 6.07) is -0.204. The summed E-state index contributed by atoms with van der Waals surface area (Å²) in [7, 11) is 1.67. The van der Waals surface area contributed by atoms with Crippen LogP contribution < -0.4 is 0 Å². The van der Waals surface area contributed by atoms with Crippen LogP contribution in [0, 0.1) is 5.41 Å². The molecule has 0 aromatic heterocycles. The number of hydrogen-bond donors (Lipinski definition) is 1. The third-order valence-electron chi connectivity index (χ3n) is 2.29. The molecule has 102 valence electrons. The Balaban J connectivity index is 4.54. The maximum Gasteiger partial charge on any atom is 0.410 e. The fourth-order valence-corrected chi connectivity index (χ4v) is 1.51. The molecule has 0 bridgehead atoms. The number of likely N-dealkylation sites (N-methyl/N-ethyl adjacent to an activating group) is 1. The number of rotatable bonds is 3. The molecular formula is C13H27NO3. The van der Waals surface area contributed by atoms with Gasteiger partial charge in [0.2, 0.25) is 0 Å². The first-order valence-electron chi connectivity index (χ1n) is 6.03. The average molecular weight is 245 g/mol. The summed E-state index contributed by atoms with van der Waals surface area (Å²) in [5, 5.41) is 9.36. The van der Waals surface area contributed by atoms with Crippen LogP contribution in [0.25, 0.3) is 0 Å². The van der Waals surface area contributed by atoms with E-state index < -0.39 is 5.60 Å². The molecule has 17 heavy (non-hydrogen) atoms. The molecule has 0 aromatic carbocycles. The third-order valence-corrected chi connectivity index (χ3v) is 2.29. The van der Waals surface area contributed by atoms with Gasteiger partial charge in [0, 0.05) is 7.05 Å². The zero-order valence-corrected chi connectivity index (χ0v) is 12.2. The Labute approximate surface area is 105 Å². The number of carbonyl (C=O) groups excluding carboxylic acids is 1. The van der Waals surface area contributed by atoms with Crippen molar-refractivity contribution in [2.75, 3.05) is 13.7 Å². The quantitative estimate of drug-likeness (QED) is 0.831. The molecule has 0 saturated heterocycles. The normalized spacial score (nSPS) is 14.4. The molecule has 0 aromatic rings. The van der Waals surface area contributed by atoms with Gasteiger partial charge >= 0.3 is 6.09 Å². The van der Waals surface area contributed by atoms with Crippen LogP contribution in [0.1, 0.15) is 48.0 Å². The van der Waals surface area contributed by atoms with Crippen molar-refractivity contribution in [1.29, 1.82) is 0 Å². The van der Waals surface area contributed by atoms with Gasteiger partial charge < -0.3 is 14.7 Å². The molecule has 4 nitrogen and oxygen atoms in total. The molecule has 1 atom stereocenters. The number of hydrogen-bond acceptors (Lipinski definition) is 3. The molecule has 0 rings (SSSR count). The van der Waals surface area contributed by atoms with Crippen molar-refractivity contribution in [3.8, 4) is 0 Å². The van der Waals surface area contributed by atoms with E-state index in [0.29, 0.717) is 0 Å². The summed E-state index contributed by atoms with van der Waals surface area (Å²) in [4.78, 5) is 13.3. The number of ether oxygens (including phenoxy) is 1. The molecule has 0 aliphatic rings. The second-order valence-electron chi connectivity index (χ2n) is 6.69. The second-order valence-corrected chi connectivity index (χ2v) is 6.69. The van der Waals surface area contributed by atoms with E-state index in [4.69, 9.17) is 4.74 Å². The minimum Gasteiger partial charge on any atom is -0.444 e. The van der Waals surface area contributed by atoms with Crippen molar-refractivity contribution in [1.82, 2.24) is 4.90 Å². The van der Waals surface area contributed by atoms with Crippen molar-refractivity contribution in [2.45, 2.75) is 59.6 Å². The molecule has 0 saturated carbocycles. The van der Waals surface area contributed by atoms with E-state index in [1.165, 1.54) is 4.90 Å². The van der Waals surface area contributed by atoms with Gasteiger partial charge in [-0.25, -0.2) is 4.79 Å². The van der Waals surface area contributed by atoms with Gasteiger partial charge in [0.1, 0.15) is 5.60 Å². The highest BCUT2D eigenvalue weighted by molar-refractivity contribution is 5.68. The Morgan fingerprint density at radius 1 is 1.24 bits per heavy atom. The van der Waals surface area contributed by atoms with Gasteiger partial charge in [0.15, 0.2) is 0 Å². The first kappa shape index (κ1) is 16.2. The third kappa shape index (κ3) is 7.21. The molecule has 4 heteroatoms. The van der Waals surface area contributed by atoms with E-state index in [9.17, 15) is 9.90 Å². The van der Waals surface area contributed by atoms with E-state index >= 15 is 0 Å². The standard InChI is InChI=1S/C13H27NO3/c1-12(2,3)8-10(9-15)14(7)11(16)17-13(4,5)6/h10,15H,8-9H2,1-7H3/t10-/m0/s1. The van der Waals surface area contributed by atoms with E-state index in [2.05, 4.69) is 20.8 Å². The average Bonchev–Trinajstić information content (AvgIpc) is 2.08. The lowest BCUT2D eigenvalue weighted by atomic mass is 9.88. The zero-order valence-electron chi connectivity index (χ0n) is 12.2. The van der Waals surface area contributed by atoms with Gasteiger partial charge in [-0.3, -0.25) is 0 Å². The molecule has 0 aliphatic heterocycles. The second kappa shape index (κ2) is 5.71. The highest BCUT2D eigenvalue weighted by Crippen LogP contribution is 2.23. The Morgan fingerprint density at radius 2 is 1.71 bits per heavy atom. The van der Waals surface area contributed by atoms with Crippen molar-refractivity contribution in [2.24, 2.45) is 5.41 Å². The van der Waals surface area contributed by atoms with Gasteiger partial charge in [0.05, 0.1) is 12.6 Å². The SMILES string of the molecule is CN(C(=O)OC(C)(C)C)[C@H](CO)CC(C)(C)C. The lowest BCUT2D eigenvalue weighted by molar-refractivity contribution is 0.0113. The number of aliphatic hydroxyl groups is 1. The summed E-state index contributed by atoms with van der Waals surface area (Å²) >= 11 is 0. The first-order chi connectivity index (χ1) is 7.46. The lowest BCUT2D eigenvalue weighted by Gasteiger charge is -2.33. The van der Waals surface area contributed by atoms with Crippen LogP contribution >= 0.6 is 0 Å². The number of nitrogens with zero attached hydrogens (tertiary/aromatic N) is 1. The first-order valence-corrected chi connectivity index (χ1v) is 6.03. The Bertz CT molecular complexity index is 250. The van der Waals surface area contributed by atoms with Crippen LogP contribution in [0.15, 0.2) is 0 Å². The van der Waals surface area contributed by atoms with E-state index in [0.717, 1.165) is 6.42 Å². The molecule has 1 amide bonds. The lowest BCUT2D eigenvalue weighted by Crippen LogP contribution is -2.44. The predicted octanol–water partition coefficient (Wildman–Crippen LogP) is 2.65. The van der Waals surface area contributed by atoms with Gasteiger partial charge in [0.25, 0.3) is 0 Å². The van der Waals surface area contributed by atoms with E-state index in [-0.39, 0.29) is 24.2 Å². The zero-order chi connectivity index (χ0) is 13.9. The van der Waals surface area contributed by atoms with Gasteiger partial charge in [-0.2, -0.15) is 0 Å². The Hall–Kier alpha value is -0.770. The largest absolute Gasteiger partial charge is 0.444 e. The number of carbonyl (C=O) groups is 1. The van der Waals surface area contributed by atoms with Crippen LogP contribution in [-0.4, -0.2) is 41.4 Å². The smallest absolute Gasteiger partial charge is 0.410 e. The maximum atomic E-state index is 11.8. The molecule has 0 radical (unpaired) electrons. The molecule has 0 aliphatic carbocycles. The highest BCUT2D eigenvalue weighted by atomic mass is 16.6. The Morgan fingerprint density at radius 3 is 2.00 bits per heavy atom. The predicted molar refractivity (Wildman–Crippen MR) is 68.9 cm³/mol. The molecule has 0 fully saturated rings. The Kier molecular flexibility index (Phi) is 5.46. The maximum absolute atomic E-state index is 11.8. The summed E-state index contributed by atoms with van der Waals surface area (Å²) in [6.45, 7) is 11.7. The van der Waals surface area contributed by atoms with Gasteiger partial charge in [-0.15, -0.1) is 0 Å². The van der Waals surface area contributed by atoms with Crippen LogP contribution in [-0.2, 0) is 4.74 Å². The summed E-state index contributed by atoms with van der Waals surface area (Å²) < 4.78 is 5.27. The molecular weight excluding hydrogens is 218 g/mol. The number of aliphatic hydroxyl groups excluding tert-OH is 1. The van der Waals surface area contributed by atoms with Crippen LogP contribution in [0.2, 0.25) is 0 Å². The van der Waals surface area contributed by atoms with E-state index in [1.54, 1.807) is 7.05 Å². The van der Waals surface area contributed by atoms with Crippen molar-refractivity contribution < 1.29 is 14.6 Å². The van der Waals surface area contributed by atoms with Crippen molar-refractivity contribution >= 4 is 6.09 Å². The summed E-state index contributed by atoms with van der Waals surface area (Å²) in [5.41, 5.74) is -0.448. The fraction of sp³-hybridized carbons (Fsp3) is 0.923. The van der Waals surface area contributed by atoms with Crippen LogP contribution in [0.3, 0.4) is 0 Å². The van der Waals surface area contributed by atoms with Crippen molar-refractivity contribution in [3.05, 3.63) is 0 Å². The van der Waals surface area contributed by atoms with Gasteiger partial charge in [-0.05, 0) is 32.6 Å². The van der Waals surface area contributed by atoms with Crippen molar-refractivity contribution in [3.63, 3.8) is 0 Å². The summed E-state index contributed by atoms with van der Waals surface area (Å²) in [6.07, 6.45) is 0.347. The minimum absolute atomic E-state index is 0.0486. The van der Waals surface area contributed by atoms with Crippen LogP contribution in [0.5, 0.6) is 0 Å². The van der Waals surface area contributed by atoms with Gasteiger partial charge in [-0.1, -0.05) is 20.8 Å². The molecule has 0 spiro atoms. The molecule has 0 heterocycles. The topological polar surface area (TPSA) is 49.8 Å². The highest BCUT2D eigenvalue weighted by Gasteiger charge is 2.27. The molecule has 0 unspecified atom stereocenters. The van der Waals surface area contributed by atoms with E-state index in [1.807, 2.05) is 20.8 Å².